The van der Waals surface area contributed by atoms with Crippen LogP contribution in [0, 0.1) is 12.7 Å². The molecule has 0 aliphatic heterocycles. The van der Waals surface area contributed by atoms with E-state index >= 15 is 0 Å². The molecular weight excluding hydrogens is 371 g/mol. The summed E-state index contributed by atoms with van der Waals surface area (Å²) in [5, 5.41) is 0.228. The van der Waals surface area contributed by atoms with Crippen LogP contribution in [-0.4, -0.2) is 13.4 Å². The summed E-state index contributed by atoms with van der Waals surface area (Å²) >= 11 is 8.89. The van der Waals surface area contributed by atoms with Crippen LogP contribution in [0.4, 0.5) is 10.1 Å². The molecular formula is C12H9BrClFN2O2S. The average molecular weight is 380 g/mol. The van der Waals surface area contributed by atoms with Gasteiger partial charge in [0.05, 0.1) is 21.3 Å². The number of rotatable bonds is 3. The van der Waals surface area contributed by atoms with E-state index in [2.05, 4.69) is 25.6 Å². The van der Waals surface area contributed by atoms with Gasteiger partial charge in [0.1, 0.15) is 11.0 Å². The monoisotopic (exact) mass is 378 g/mol. The molecule has 0 bridgehead atoms. The van der Waals surface area contributed by atoms with Crippen LogP contribution in [0.5, 0.6) is 0 Å². The first kappa shape index (κ1) is 15.2. The molecule has 2 rings (SSSR count). The highest BCUT2D eigenvalue weighted by atomic mass is 79.9. The smallest absolute Gasteiger partial charge is 0.262 e. The summed E-state index contributed by atoms with van der Waals surface area (Å²) in [6.07, 6.45) is 1.30. The molecule has 2 aromatic rings. The Kier molecular flexibility index (Phi) is 4.31. The van der Waals surface area contributed by atoms with E-state index in [0.717, 1.165) is 12.1 Å². The van der Waals surface area contributed by atoms with Crippen LogP contribution in [0.15, 0.2) is 39.8 Å². The van der Waals surface area contributed by atoms with Gasteiger partial charge in [0.2, 0.25) is 0 Å². The van der Waals surface area contributed by atoms with Gasteiger partial charge in [-0.25, -0.2) is 17.8 Å². The third-order valence-corrected chi connectivity index (χ3v) is 5.15. The van der Waals surface area contributed by atoms with Crippen molar-refractivity contribution in [3.05, 3.63) is 51.5 Å². The summed E-state index contributed by atoms with van der Waals surface area (Å²) in [6.45, 7) is 1.52. The number of anilines is 1. The maximum Gasteiger partial charge on any atom is 0.262 e. The summed E-state index contributed by atoms with van der Waals surface area (Å²) in [4.78, 5) is 3.83. The van der Waals surface area contributed by atoms with Crippen LogP contribution >= 0.6 is 27.5 Å². The lowest BCUT2D eigenvalue weighted by Crippen LogP contribution is -2.14. The van der Waals surface area contributed by atoms with Crippen LogP contribution in [0.1, 0.15) is 5.56 Å². The molecule has 0 fully saturated rings. The van der Waals surface area contributed by atoms with E-state index < -0.39 is 15.8 Å². The maximum atomic E-state index is 13.0. The summed E-state index contributed by atoms with van der Waals surface area (Å²) in [5.41, 5.74) is 0.573. The molecule has 0 radical (unpaired) electrons. The van der Waals surface area contributed by atoms with Crippen molar-refractivity contribution in [2.75, 3.05) is 4.72 Å². The molecule has 106 valence electrons. The quantitative estimate of drug-likeness (QED) is 0.826. The molecule has 1 heterocycles. The van der Waals surface area contributed by atoms with Crippen molar-refractivity contribution in [3.63, 3.8) is 0 Å². The molecule has 0 saturated carbocycles. The first-order valence-corrected chi connectivity index (χ1v) is 8.05. The number of aromatic nitrogens is 1. The second-order valence-corrected chi connectivity index (χ2v) is 6.88. The van der Waals surface area contributed by atoms with E-state index in [0.29, 0.717) is 10.0 Å². The van der Waals surface area contributed by atoms with Crippen LogP contribution in [0.2, 0.25) is 5.15 Å². The highest BCUT2D eigenvalue weighted by molar-refractivity contribution is 9.10. The molecule has 1 aromatic heterocycles. The number of benzene rings is 1. The third-order valence-electron chi connectivity index (χ3n) is 2.47. The second kappa shape index (κ2) is 5.67. The Morgan fingerprint density at radius 2 is 2.05 bits per heavy atom. The van der Waals surface area contributed by atoms with Gasteiger partial charge in [-0.3, -0.25) is 4.72 Å². The van der Waals surface area contributed by atoms with Crippen molar-refractivity contribution >= 4 is 43.2 Å². The van der Waals surface area contributed by atoms with E-state index in [1.165, 1.54) is 25.3 Å². The number of nitrogens with zero attached hydrogens (tertiary/aromatic N) is 1. The first-order chi connectivity index (χ1) is 9.29. The summed E-state index contributed by atoms with van der Waals surface area (Å²) in [6, 6.07) is 4.96. The number of nitrogens with one attached hydrogen (secondary N) is 1. The zero-order chi connectivity index (χ0) is 14.9. The first-order valence-electron chi connectivity index (χ1n) is 5.39. The van der Waals surface area contributed by atoms with Crippen molar-refractivity contribution in [1.29, 1.82) is 0 Å². The highest BCUT2D eigenvalue weighted by Crippen LogP contribution is 2.25. The number of sulfonamides is 1. The minimum absolute atomic E-state index is 0.00460. The van der Waals surface area contributed by atoms with Crippen LogP contribution in [-0.2, 0) is 10.0 Å². The molecule has 8 heteroatoms. The fourth-order valence-corrected chi connectivity index (χ4v) is 3.32. The molecule has 0 unspecified atom stereocenters. The molecule has 0 aliphatic carbocycles. The average Bonchev–Trinajstić information content (AvgIpc) is 2.33. The van der Waals surface area contributed by atoms with Gasteiger partial charge in [-0.15, -0.1) is 0 Å². The largest absolute Gasteiger partial charge is 0.278 e. The van der Waals surface area contributed by atoms with Crippen LogP contribution < -0.4 is 4.72 Å². The Bertz CT molecular complexity index is 768. The highest BCUT2D eigenvalue weighted by Gasteiger charge is 2.17. The molecule has 0 aliphatic rings. The summed E-state index contributed by atoms with van der Waals surface area (Å²) in [7, 11) is -3.81. The summed E-state index contributed by atoms with van der Waals surface area (Å²) in [5.74, 6) is -0.489. The van der Waals surface area contributed by atoms with Gasteiger partial charge in [0.15, 0.2) is 0 Å². The Morgan fingerprint density at radius 1 is 1.35 bits per heavy atom. The topological polar surface area (TPSA) is 59.1 Å². The minimum atomic E-state index is -3.81. The van der Waals surface area contributed by atoms with Crippen LogP contribution in [0.3, 0.4) is 0 Å². The number of pyridine rings is 1. The predicted octanol–water partition coefficient (Wildman–Crippen LogP) is 3.75. The Labute approximate surface area is 129 Å². The van der Waals surface area contributed by atoms with Crippen LogP contribution in [0.25, 0.3) is 0 Å². The second-order valence-electron chi connectivity index (χ2n) is 4.01. The molecule has 20 heavy (non-hydrogen) atoms. The normalized spacial score (nSPS) is 11.4. The molecule has 0 saturated heterocycles. The molecule has 1 N–H and O–H groups in total. The van der Waals surface area contributed by atoms with Crippen molar-refractivity contribution in [3.8, 4) is 0 Å². The third kappa shape index (κ3) is 3.28. The van der Waals surface area contributed by atoms with E-state index in [-0.39, 0.29) is 15.7 Å². The lowest BCUT2D eigenvalue weighted by atomic mass is 10.2. The van der Waals surface area contributed by atoms with E-state index in [1.54, 1.807) is 0 Å². The summed E-state index contributed by atoms with van der Waals surface area (Å²) < 4.78 is 40.3. The van der Waals surface area contributed by atoms with Crippen molar-refractivity contribution in [2.45, 2.75) is 11.8 Å². The number of hydrogen-bond acceptors (Lipinski definition) is 3. The molecule has 0 spiro atoms. The van der Waals surface area contributed by atoms with E-state index in [9.17, 15) is 12.8 Å². The lowest BCUT2D eigenvalue weighted by molar-refractivity contribution is 0.598. The predicted molar refractivity (Wildman–Crippen MR) is 78.9 cm³/mol. The van der Waals surface area contributed by atoms with E-state index in [1.807, 2.05) is 0 Å². The Balaban J connectivity index is 2.38. The SMILES string of the molecule is Cc1cc(F)ccc1S(=O)(=O)Nc1cnc(Cl)c(Br)c1. The van der Waals surface area contributed by atoms with Crippen molar-refractivity contribution < 1.29 is 12.8 Å². The zero-order valence-electron chi connectivity index (χ0n) is 10.2. The molecule has 0 atom stereocenters. The van der Waals surface area contributed by atoms with Gasteiger partial charge in [0.25, 0.3) is 10.0 Å². The molecule has 4 nitrogen and oxygen atoms in total. The van der Waals surface area contributed by atoms with Gasteiger partial charge in [-0.2, -0.15) is 0 Å². The fourth-order valence-electron chi connectivity index (χ4n) is 1.60. The lowest BCUT2D eigenvalue weighted by Gasteiger charge is -2.10. The van der Waals surface area contributed by atoms with Gasteiger partial charge >= 0.3 is 0 Å². The van der Waals surface area contributed by atoms with Gasteiger partial charge in [0, 0.05) is 0 Å². The Hall–Kier alpha value is -1.18. The zero-order valence-corrected chi connectivity index (χ0v) is 13.4. The minimum Gasteiger partial charge on any atom is -0.278 e. The maximum absolute atomic E-state index is 13.0. The van der Waals surface area contributed by atoms with Crippen molar-refractivity contribution in [2.24, 2.45) is 0 Å². The number of hydrogen-bond donors (Lipinski definition) is 1. The van der Waals surface area contributed by atoms with E-state index in [4.69, 9.17) is 11.6 Å². The van der Waals surface area contributed by atoms with Gasteiger partial charge in [-0.1, -0.05) is 11.6 Å². The standard InChI is InChI=1S/C12H9BrClFN2O2S/c1-7-4-8(15)2-3-11(7)20(18,19)17-9-5-10(13)12(14)16-6-9/h2-6,17H,1H3. The van der Waals surface area contributed by atoms with Gasteiger partial charge < -0.3 is 0 Å². The van der Waals surface area contributed by atoms with Crippen molar-refractivity contribution in [1.82, 2.24) is 4.98 Å². The molecule has 1 aromatic carbocycles. The Morgan fingerprint density at radius 3 is 2.65 bits per heavy atom. The fraction of sp³-hybridized carbons (Fsp3) is 0.0833. The van der Waals surface area contributed by atoms with Gasteiger partial charge in [-0.05, 0) is 52.7 Å². The number of halogens is 3. The number of aryl methyl sites for hydroxylation is 1. The molecule has 0 amide bonds.